The highest BCUT2D eigenvalue weighted by Crippen LogP contribution is 2.07. The second kappa shape index (κ2) is 5.53. The molecule has 1 atom stereocenters. The molecule has 0 aromatic carbocycles. The molecule has 0 rings (SSSR count). The average Bonchev–Trinajstić information content (AvgIpc) is 1.98. The number of nitrogens with one attached hydrogen (secondary N) is 1. The third-order valence-electron chi connectivity index (χ3n) is 1.35. The number of esters is 1. The number of rotatable bonds is 3. The van der Waals surface area contributed by atoms with Gasteiger partial charge in [0.2, 0.25) is 0 Å². The van der Waals surface area contributed by atoms with E-state index in [9.17, 15) is 9.59 Å². The predicted octanol–water partition coefficient (Wildman–Crippen LogP) is 1.98. The van der Waals surface area contributed by atoms with E-state index in [0.29, 0.717) is 0 Å². The van der Waals surface area contributed by atoms with Crippen LogP contribution < -0.4 is 5.32 Å². The Bertz CT molecular complexity index is 291. The normalized spacial score (nSPS) is 12.6. The summed E-state index contributed by atoms with van der Waals surface area (Å²) in [6.45, 7) is 11.7. The van der Waals surface area contributed by atoms with Crippen LogP contribution in [-0.4, -0.2) is 23.9 Å². The molecule has 0 spiro atoms. The Hall–Kier alpha value is -1.52. The van der Waals surface area contributed by atoms with E-state index in [-0.39, 0.29) is 5.57 Å². The maximum absolute atomic E-state index is 11.3. The maximum Gasteiger partial charge on any atom is 0.410 e. The predicted molar refractivity (Wildman–Crippen MR) is 59.7 cm³/mol. The first-order valence-corrected chi connectivity index (χ1v) is 4.98. The van der Waals surface area contributed by atoms with Crippen LogP contribution in [-0.2, 0) is 14.3 Å². The van der Waals surface area contributed by atoms with Gasteiger partial charge in [-0.05, 0) is 34.6 Å². The van der Waals surface area contributed by atoms with Gasteiger partial charge in [-0.25, -0.2) is 9.59 Å². The van der Waals surface area contributed by atoms with Gasteiger partial charge in [-0.15, -0.1) is 0 Å². The second-order valence-corrected chi connectivity index (χ2v) is 4.47. The minimum atomic E-state index is -0.751. The van der Waals surface area contributed by atoms with E-state index in [4.69, 9.17) is 9.47 Å². The highest BCUT2D eigenvalue weighted by Gasteiger charge is 2.19. The van der Waals surface area contributed by atoms with E-state index in [2.05, 4.69) is 11.9 Å². The van der Waals surface area contributed by atoms with Gasteiger partial charge in [-0.1, -0.05) is 6.58 Å². The van der Waals surface area contributed by atoms with Gasteiger partial charge in [0.05, 0.1) is 0 Å². The lowest BCUT2D eigenvalue weighted by Gasteiger charge is -2.21. The third-order valence-corrected chi connectivity index (χ3v) is 1.35. The van der Waals surface area contributed by atoms with Crippen molar-refractivity contribution in [2.75, 3.05) is 0 Å². The number of carbonyl (C=O) groups excluding carboxylic acids is 2. The molecule has 0 heterocycles. The molecule has 0 fully saturated rings. The number of carbonyl (C=O) groups is 2. The van der Waals surface area contributed by atoms with E-state index in [1.807, 2.05) is 0 Å². The van der Waals surface area contributed by atoms with Crippen LogP contribution in [0.15, 0.2) is 12.2 Å². The van der Waals surface area contributed by atoms with Crippen molar-refractivity contribution in [3.05, 3.63) is 12.2 Å². The summed E-state index contributed by atoms with van der Waals surface area (Å²) >= 11 is 0. The minimum absolute atomic E-state index is 0.276. The van der Waals surface area contributed by atoms with Gasteiger partial charge in [0.15, 0.2) is 6.23 Å². The Morgan fingerprint density at radius 1 is 1.31 bits per heavy atom. The monoisotopic (exact) mass is 229 g/mol. The zero-order valence-corrected chi connectivity index (χ0v) is 10.4. The van der Waals surface area contributed by atoms with Crippen molar-refractivity contribution in [3.8, 4) is 0 Å². The van der Waals surface area contributed by atoms with Gasteiger partial charge in [0.25, 0.3) is 0 Å². The van der Waals surface area contributed by atoms with Crippen LogP contribution in [0.3, 0.4) is 0 Å². The van der Waals surface area contributed by atoms with Crippen molar-refractivity contribution in [2.24, 2.45) is 0 Å². The molecule has 0 bridgehead atoms. The molecule has 5 nitrogen and oxygen atoms in total. The van der Waals surface area contributed by atoms with Crippen molar-refractivity contribution >= 4 is 12.1 Å². The molecular formula is C11H19NO4. The van der Waals surface area contributed by atoms with Crippen molar-refractivity contribution < 1.29 is 19.1 Å². The first-order valence-electron chi connectivity index (χ1n) is 4.98. The van der Waals surface area contributed by atoms with Crippen molar-refractivity contribution in [1.82, 2.24) is 5.32 Å². The highest BCUT2D eigenvalue weighted by atomic mass is 16.6. The lowest BCUT2D eigenvalue weighted by atomic mass is 10.2. The van der Waals surface area contributed by atoms with Crippen LogP contribution in [0.5, 0.6) is 0 Å². The Kier molecular flexibility index (Phi) is 5.01. The average molecular weight is 229 g/mol. The van der Waals surface area contributed by atoms with Crippen molar-refractivity contribution in [3.63, 3.8) is 0 Å². The largest absolute Gasteiger partial charge is 0.444 e. The van der Waals surface area contributed by atoms with Gasteiger partial charge in [0.1, 0.15) is 5.60 Å². The molecule has 1 unspecified atom stereocenters. The van der Waals surface area contributed by atoms with Crippen molar-refractivity contribution in [2.45, 2.75) is 46.4 Å². The fourth-order valence-corrected chi connectivity index (χ4v) is 0.764. The molecule has 1 N–H and O–H groups in total. The first kappa shape index (κ1) is 14.5. The van der Waals surface area contributed by atoms with Gasteiger partial charge in [-0.2, -0.15) is 0 Å². The fraction of sp³-hybridized carbons (Fsp3) is 0.636. The van der Waals surface area contributed by atoms with E-state index in [0.717, 1.165) is 0 Å². The SMILES string of the molecule is C=C(C)C(=O)OC(C)NC(=O)OC(C)(C)C. The minimum Gasteiger partial charge on any atom is -0.444 e. The van der Waals surface area contributed by atoms with Crippen LogP contribution in [0.2, 0.25) is 0 Å². The van der Waals surface area contributed by atoms with E-state index >= 15 is 0 Å². The summed E-state index contributed by atoms with van der Waals surface area (Å²) in [5, 5.41) is 2.38. The van der Waals surface area contributed by atoms with Gasteiger partial charge < -0.3 is 9.47 Å². The summed E-state index contributed by atoms with van der Waals surface area (Å²) in [6.07, 6.45) is -1.38. The van der Waals surface area contributed by atoms with E-state index in [1.54, 1.807) is 20.8 Å². The van der Waals surface area contributed by atoms with Crippen molar-refractivity contribution in [1.29, 1.82) is 0 Å². The van der Waals surface area contributed by atoms with Crippen LogP contribution in [0.1, 0.15) is 34.6 Å². The molecule has 0 aliphatic heterocycles. The first-order chi connectivity index (χ1) is 7.11. The molecule has 0 aromatic heterocycles. The Labute approximate surface area is 95.8 Å². The summed E-state index contributed by atoms with van der Waals surface area (Å²) < 4.78 is 9.83. The molecule has 5 heteroatoms. The Morgan fingerprint density at radius 3 is 2.19 bits per heavy atom. The zero-order chi connectivity index (χ0) is 12.9. The lowest BCUT2D eigenvalue weighted by molar-refractivity contribution is -0.144. The molecule has 0 aliphatic rings. The van der Waals surface area contributed by atoms with Gasteiger partial charge in [-0.3, -0.25) is 5.32 Å². The second-order valence-electron chi connectivity index (χ2n) is 4.47. The lowest BCUT2D eigenvalue weighted by Crippen LogP contribution is -2.39. The van der Waals surface area contributed by atoms with Crippen LogP contribution in [0, 0.1) is 0 Å². The molecule has 1 amide bonds. The summed E-state index contributed by atoms with van der Waals surface area (Å²) in [4.78, 5) is 22.4. The molecule has 92 valence electrons. The highest BCUT2D eigenvalue weighted by molar-refractivity contribution is 5.87. The number of hydrogen-bond acceptors (Lipinski definition) is 4. The Morgan fingerprint density at radius 2 is 1.81 bits per heavy atom. The molecule has 16 heavy (non-hydrogen) atoms. The Balaban J connectivity index is 4.06. The topological polar surface area (TPSA) is 64.6 Å². The van der Waals surface area contributed by atoms with Gasteiger partial charge >= 0.3 is 12.1 Å². The summed E-state index contributed by atoms with van der Waals surface area (Å²) in [6, 6.07) is 0. The molecule has 0 saturated heterocycles. The summed E-state index contributed by atoms with van der Waals surface area (Å²) in [5.41, 5.74) is -0.305. The quantitative estimate of drug-likeness (QED) is 0.456. The molecule has 0 aromatic rings. The smallest absolute Gasteiger partial charge is 0.410 e. The fourth-order valence-electron chi connectivity index (χ4n) is 0.764. The molecule has 0 radical (unpaired) electrons. The standard InChI is InChI=1S/C11H19NO4/c1-7(2)9(13)15-8(3)12-10(14)16-11(4,5)6/h8H,1H2,2-6H3,(H,12,14). The van der Waals surface area contributed by atoms with Crippen LogP contribution in [0.25, 0.3) is 0 Å². The van der Waals surface area contributed by atoms with Crippen LogP contribution in [0.4, 0.5) is 4.79 Å². The summed E-state index contributed by atoms with van der Waals surface area (Å²) in [7, 11) is 0. The molecule has 0 aliphatic carbocycles. The maximum atomic E-state index is 11.3. The number of alkyl carbamates (subject to hydrolysis) is 1. The third kappa shape index (κ3) is 6.86. The summed E-state index contributed by atoms with van der Waals surface area (Å²) in [5.74, 6) is -0.552. The van der Waals surface area contributed by atoms with E-state index < -0.39 is 23.9 Å². The number of ether oxygens (including phenoxy) is 2. The molecule has 0 saturated carbocycles. The van der Waals surface area contributed by atoms with Gasteiger partial charge in [0, 0.05) is 5.57 Å². The van der Waals surface area contributed by atoms with E-state index in [1.165, 1.54) is 13.8 Å². The number of hydrogen-bond donors (Lipinski definition) is 1. The number of amides is 1. The molecular weight excluding hydrogens is 210 g/mol. The van der Waals surface area contributed by atoms with Crippen LogP contribution >= 0.6 is 0 Å². The zero-order valence-electron chi connectivity index (χ0n) is 10.4.